The molecule has 0 unspecified atom stereocenters. The van der Waals surface area contributed by atoms with Gasteiger partial charge in [-0.25, -0.2) is 4.98 Å². The molecule has 5 rings (SSSR count). The van der Waals surface area contributed by atoms with Crippen LogP contribution in [-0.4, -0.2) is 43.6 Å². The van der Waals surface area contributed by atoms with Crippen LogP contribution in [0.3, 0.4) is 0 Å². The number of carboxylic acids is 1. The maximum atomic E-state index is 12.4. The molecule has 0 bridgehead atoms. The van der Waals surface area contributed by atoms with E-state index in [4.69, 9.17) is 0 Å². The Bertz CT molecular complexity index is 1210. The number of hydrogen-bond acceptors (Lipinski definition) is 5. The first kappa shape index (κ1) is 20.1. The molecule has 8 heteroatoms. The first-order chi connectivity index (χ1) is 13.4. The number of carbonyl (C=O) groups excluding carboxylic acids is 2. The molecule has 2 aromatic heterocycles. The number of aliphatic hydroxyl groups is 1. The summed E-state index contributed by atoms with van der Waals surface area (Å²) in [6, 6.07) is 9.28. The zero-order valence-electron chi connectivity index (χ0n) is 16.4. The molecule has 1 aromatic carbocycles. The van der Waals surface area contributed by atoms with Crippen LogP contribution >= 0.6 is 0 Å². The summed E-state index contributed by atoms with van der Waals surface area (Å²) in [4.78, 5) is 29.9. The molecule has 0 radical (unpaired) electrons. The first-order valence-electron chi connectivity index (χ1n) is 9.19. The third-order valence-electron chi connectivity index (χ3n) is 6.02. The zero-order chi connectivity index (χ0) is 19.7. The van der Waals surface area contributed by atoms with E-state index in [1.807, 2.05) is 41.9 Å². The van der Waals surface area contributed by atoms with Crippen molar-refractivity contribution in [3.8, 4) is 0 Å². The monoisotopic (exact) mass is 399 g/mol. The summed E-state index contributed by atoms with van der Waals surface area (Å²) in [6.45, 7) is 1.56. The van der Waals surface area contributed by atoms with Gasteiger partial charge in [0.15, 0.2) is 0 Å². The SMILES string of the molecule is C[C@@H](O)[C@H]1C(=O)N2C(C(=O)[O-])=C(c3ccc4c(c3)c3cccnc3n4C)C[C@H]12.[Na+]. The number of aryl methyl sites for hydroxylation is 1. The average molecular weight is 399 g/mol. The Morgan fingerprint density at radius 2 is 2.07 bits per heavy atom. The Kier molecular flexibility index (Phi) is 4.82. The van der Waals surface area contributed by atoms with Crippen molar-refractivity contribution >= 4 is 39.4 Å². The molecule has 0 aliphatic carbocycles. The van der Waals surface area contributed by atoms with Gasteiger partial charge in [-0.3, -0.25) is 4.79 Å². The van der Waals surface area contributed by atoms with E-state index in [1.54, 1.807) is 13.1 Å². The minimum atomic E-state index is -1.37. The van der Waals surface area contributed by atoms with Crippen LogP contribution in [0.25, 0.3) is 27.5 Å². The van der Waals surface area contributed by atoms with Crippen LogP contribution in [0.15, 0.2) is 42.2 Å². The van der Waals surface area contributed by atoms with Gasteiger partial charge in [-0.05, 0) is 48.7 Å². The minimum Gasteiger partial charge on any atom is -0.543 e. The molecule has 3 aromatic rings. The van der Waals surface area contributed by atoms with Gasteiger partial charge >= 0.3 is 29.6 Å². The number of nitrogens with zero attached hydrogens (tertiary/aromatic N) is 3. The zero-order valence-corrected chi connectivity index (χ0v) is 18.4. The summed E-state index contributed by atoms with van der Waals surface area (Å²) < 4.78 is 2.00. The van der Waals surface area contributed by atoms with Gasteiger partial charge in [0.25, 0.3) is 0 Å². The number of β-lactam (4-membered cyclic amide) rings is 1. The molecule has 1 fully saturated rings. The van der Waals surface area contributed by atoms with Crippen LogP contribution in [-0.2, 0) is 16.6 Å². The summed E-state index contributed by atoms with van der Waals surface area (Å²) in [6.07, 6.45) is 1.31. The fourth-order valence-electron chi connectivity index (χ4n) is 4.74. The van der Waals surface area contributed by atoms with Gasteiger partial charge in [-0.1, -0.05) is 6.07 Å². The number of amides is 1. The maximum Gasteiger partial charge on any atom is 1.00 e. The number of aliphatic hydroxyl groups excluding tert-OH is 1. The standard InChI is InChI=1S/C21H19N3O4.Na/c1-10(25)17-16-9-13(18(21(27)28)24(16)20(17)26)11-5-6-15-14(8-11)12-4-3-7-22-19(12)23(15)2;/h3-8,10,16-17,25H,9H2,1-2H3,(H,27,28);/q;+1/p-1/t10-,16-,17-;/m1./s1. The Hall–Kier alpha value is -2.19. The van der Waals surface area contributed by atoms with Gasteiger partial charge in [-0.2, -0.15) is 0 Å². The van der Waals surface area contributed by atoms with Crippen LogP contribution in [0.4, 0.5) is 0 Å². The van der Waals surface area contributed by atoms with Crippen LogP contribution in [0.2, 0.25) is 0 Å². The van der Waals surface area contributed by atoms with E-state index in [0.717, 1.165) is 27.5 Å². The Labute approximate surface area is 188 Å². The molecule has 0 saturated carbocycles. The molecule has 1 amide bonds. The van der Waals surface area contributed by atoms with E-state index in [2.05, 4.69) is 4.98 Å². The van der Waals surface area contributed by atoms with Crippen molar-refractivity contribution in [1.82, 2.24) is 14.5 Å². The normalized spacial score (nSPS) is 21.9. The van der Waals surface area contributed by atoms with E-state index in [1.165, 1.54) is 4.90 Å². The third kappa shape index (κ3) is 2.69. The van der Waals surface area contributed by atoms with Crippen LogP contribution < -0.4 is 34.7 Å². The molecule has 4 heterocycles. The average Bonchev–Trinajstić information content (AvgIpc) is 3.15. The predicted molar refractivity (Wildman–Crippen MR) is 101 cm³/mol. The quantitative estimate of drug-likeness (QED) is 0.398. The number of rotatable bonds is 3. The fraction of sp³-hybridized carbons (Fsp3) is 0.286. The number of hydrogen-bond donors (Lipinski definition) is 1. The van der Waals surface area contributed by atoms with E-state index in [0.29, 0.717) is 12.0 Å². The molecule has 142 valence electrons. The predicted octanol–water partition coefficient (Wildman–Crippen LogP) is -2.20. The summed E-state index contributed by atoms with van der Waals surface area (Å²) in [5.74, 6) is -2.29. The van der Waals surface area contributed by atoms with Gasteiger partial charge in [-0.15, -0.1) is 0 Å². The molecule has 1 saturated heterocycles. The van der Waals surface area contributed by atoms with Crippen molar-refractivity contribution in [3.05, 3.63) is 47.8 Å². The van der Waals surface area contributed by atoms with Crippen molar-refractivity contribution in [2.24, 2.45) is 13.0 Å². The van der Waals surface area contributed by atoms with Gasteiger partial charge in [0, 0.05) is 24.0 Å². The Balaban J connectivity index is 0.00000205. The van der Waals surface area contributed by atoms with Crippen molar-refractivity contribution in [1.29, 1.82) is 0 Å². The third-order valence-corrected chi connectivity index (χ3v) is 6.02. The molecule has 3 atom stereocenters. The number of benzene rings is 1. The maximum absolute atomic E-state index is 12.4. The number of aromatic nitrogens is 2. The second-order valence-corrected chi connectivity index (χ2v) is 7.53. The van der Waals surface area contributed by atoms with Gasteiger partial charge < -0.3 is 24.5 Å². The fourth-order valence-corrected chi connectivity index (χ4v) is 4.74. The molecular weight excluding hydrogens is 381 g/mol. The molecule has 1 N–H and O–H groups in total. The molecular formula is C21H18N3NaO4. The second-order valence-electron chi connectivity index (χ2n) is 7.53. The van der Waals surface area contributed by atoms with Gasteiger partial charge in [0.05, 0.1) is 35.2 Å². The minimum absolute atomic E-state index is 0. The molecule has 29 heavy (non-hydrogen) atoms. The van der Waals surface area contributed by atoms with Crippen LogP contribution in [0.1, 0.15) is 18.9 Å². The van der Waals surface area contributed by atoms with Crippen molar-refractivity contribution in [2.75, 3.05) is 0 Å². The number of aliphatic carboxylic acids is 1. The molecule has 2 aliphatic heterocycles. The summed E-state index contributed by atoms with van der Waals surface area (Å²) in [7, 11) is 1.94. The van der Waals surface area contributed by atoms with Gasteiger partial charge in [0.1, 0.15) is 5.65 Å². The summed E-state index contributed by atoms with van der Waals surface area (Å²) >= 11 is 0. The Morgan fingerprint density at radius 1 is 1.31 bits per heavy atom. The van der Waals surface area contributed by atoms with Crippen LogP contribution in [0, 0.1) is 5.92 Å². The van der Waals surface area contributed by atoms with E-state index in [9.17, 15) is 19.8 Å². The smallest absolute Gasteiger partial charge is 0.543 e. The molecule has 2 aliphatic rings. The number of fused-ring (bicyclic) bond motifs is 4. The number of pyridine rings is 1. The first-order valence-corrected chi connectivity index (χ1v) is 9.19. The van der Waals surface area contributed by atoms with E-state index < -0.39 is 18.0 Å². The van der Waals surface area contributed by atoms with E-state index >= 15 is 0 Å². The van der Waals surface area contributed by atoms with Gasteiger partial charge in [0.2, 0.25) is 5.91 Å². The van der Waals surface area contributed by atoms with Crippen LogP contribution in [0.5, 0.6) is 0 Å². The topological polar surface area (TPSA) is 98.5 Å². The van der Waals surface area contributed by atoms with Crippen molar-refractivity contribution in [3.63, 3.8) is 0 Å². The molecule has 0 spiro atoms. The number of carbonyl (C=O) groups is 2. The largest absolute Gasteiger partial charge is 1.00 e. The summed E-state index contributed by atoms with van der Waals surface area (Å²) in [5.41, 5.74) is 3.08. The van der Waals surface area contributed by atoms with Crippen molar-refractivity contribution in [2.45, 2.75) is 25.5 Å². The summed E-state index contributed by atoms with van der Waals surface area (Å²) in [5, 5.41) is 23.7. The van der Waals surface area contributed by atoms with Crippen molar-refractivity contribution < 1.29 is 49.4 Å². The molecule has 7 nitrogen and oxygen atoms in total. The second kappa shape index (κ2) is 6.95. The van der Waals surface area contributed by atoms with E-state index in [-0.39, 0.29) is 47.2 Å². The Morgan fingerprint density at radius 3 is 2.76 bits per heavy atom. The number of carboxylic acid groups (broad SMARTS) is 1.